The molecule has 4 unspecified atom stereocenters. The Bertz CT molecular complexity index is 942. The van der Waals surface area contributed by atoms with Crippen molar-refractivity contribution in [2.75, 3.05) is 12.0 Å². The first kappa shape index (κ1) is 31.7. The van der Waals surface area contributed by atoms with Gasteiger partial charge in [-0.15, -0.1) is 0 Å². The molecule has 12 nitrogen and oxygen atoms in total. The third-order valence-electron chi connectivity index (χ3n) is 5.57. The minimum atomic E-state index is -1.29. The summed E-state index contributed by atoms with van der Waals surface area (Å²) in [5.74, 6) is -3.69. The van der Waals surface area contributed by atoms with Crippen LogP contribution in [-0.4, -0.2) is 76.0 Å². The van der Waals surface area contributed by atoms with Crippen molar-refractivity contribution in [1.82, 2.24) is 16.0 Å². The van der Waals surface area contributed by atoms with E-state index < -0.39 is 53.8 Å². The smallest absolute Gasteiger partial charge is 0.326 e. The molecule has 0 aliphatic heterocycles. The Morgan fingerprint density at radius 2 is 1.41 bits per heavy atom. The lowest BCUT2D eigenvalue weighted by atomic mass is 10.0. The minimum absolute atomic E-state index is 0.0202. The van der Waals surface area contributed by atoms with Crippen LogP contribution >= 0.6 is 11.8 Å². The number of aromatic hydroxyl groups is 1. The van der Waals surface area contributed by atoms with Gasteiger partial charge in [-0.05, 0) is 48.5 Å². The zero-order valence-electron chi connectivity index (χ0n) is 21.2. The van der Waals surface area contributed by atoms with Crippen LogP contribution in [0, 0.1) is 5.92 Å². The van der Waals surface area contributed by atoms with Gasteiger partial charge in [0, 0.05) is 12.8 Å². The Morgan fingerprint density at radius 1 is 0.892 bits per heavy atom. The summed E-state index contributed by atoms with van der Waals surface area (Å²) in [5.41, 5.74) is 11.6. The number of rotatable bonds is 16. The predicted octanol–water partition coefficient (Wildman–Crippen LogP) is -0.524. The van der Waals surface area contributed by atoms with Crippen molar-refractivity contribution in [3.8, 4) is 5.75 Å². The molecule has 13 heteroatoms. The molecular weight excluding hydrogens is 502 g/mol. The Kier molecular flexibility index (Phi) is 13.5. The van der Waals surface area contributed by atoms with Crippen molar-refractivity contribution in [1.29, 1.82) is 0 Å². The van der Waals surface area contributed by atoms with Gasteiger partial charge >= 0.3 is 5.97 Å². The minimum Gasteiger partial charge on any atom is -0.508 e. The predicted molar refractivity (Wildman–Crippen MR) is 139 cm³/mol. The number of carboxylic acid groups (broad SMARTS) is 1. The highest BCUT2D eigenvalue weighted by Crippen LogP contribution is 2.12. The fourth-order valence-electron chi connectivity index (χ4n) is 3.24. The molecule has 1 aromatic rings. The molecule has 0 heterocycles. The highest BCUT2D eigenvalue weighted by atomic mass is 32.2. The maximum absolute atomic E-state index is 13.1. The van der Waals surface area contributed by atoms with Crippen LogP contribution in [0.2, 0.25) is 0 Å². The van der Waals surface area contributed by atoms with Crippen molar-refractivity contribution in [3.63, 3.8) is 0 Å². The van der Waals surface area contributed by atoms with Crippen LogP contribution < -0.4 is 27.4 Å². The van der Waals surface area contributed by atoms with Gasteiger partial charge < -0.3 is 37.6 Å². The summed E-state index contributed by atoms with van der Waals surface area (Å²) in [6.45, 7) is 3.48. The molecule has 0 saturated carbocycles. The number of nitrogens with two attached hydrogens (primary N) is 2. The average Bonchev–Trinajstić information content (AvgIpc) is 2.83. The van der Waals surface area contributed by atoms with Crippen LogP contribution in [-0.2, 0) is 30.4 Å². The van der Waals surface area contributed by atoms with Gasteiger partial charge in [0.25, 0.3) is 0 Å². The van der Waals surface area contributed by atoms with Crippen LogP contribution in [0.15, 0.2) is 24.3 Å². The molecule has 0 spiro atoms. The van der Waals surface area contributed by atoms with Crippen molar-refractivity contribution < 1.29 is 34.2 Å². The third-order valence-corrected chi connectivity index (χ3v) is 6.21. The molecule has 4 amide bonds. The number of benzene rings is 1. The first-order valence-electron chi connectivity index (χ1n) is 11.8. The van der Waals surface area contributed by atoms with E-state index in [0.717, 1.165) is 0 Å². The van der Waals surface area contributed by atoms with Gasteiger partial charge in [0.05, 0.1) is 6.04 Å². The SMILES string of the molecule is CSCCC(NC(=O)C(CCC(N)=O)NC(=O)C(N)C(C)C)C(=O)NC(Cc1ccc(O)cc1)C(=O)O. The van der Waals surface area contributed by atoms with Crippen molar-refractivity contribution in [3.05, 3.63) is 29.8 Å². The summed E-state index contributed by atoms with van der Waals surface area (Å²) in [7, 11) is 0. The number of nitrogens with one attached hydrogen (secondary N) is 3. The van der Waals surface area contributed by atoms with Crippen molar-refractivity contribution >= 4 is 41.4 Å². The molecule has 0 bridgehead atoms. The number of carboxylic acids is 1. The van der Waals surface area contributed by atoms with Crippen molar-refractivity contribution in [2.45, 2.75) is 63.7 Å². The molecule has 206 valence electrons. The van der Waals surface area contributed by atoms with Crippen molar-refractivity contribution in [2.24, 2.45) is 17.4 Å². The largest absolute Gasteiger partial charge is 0.508 e. The Morgan fingerprint density at radius 3 is 1.89 bits per heavy atom. The number of carbonyl (C=O) groups excluding carboxylic acids is 4. The number of carbonyl (C=O) groups is 5. The number of hydrogen-bond acceptors (Lipinski definition) is 8. The first-order chi connectivity index (χ1) is 17.3. The average molecular weight is 540 g/mol. The molecular formula is C24H37N5O7S. The monoisotopic (exact) mass is 539 g/mol. The number of hydrogen-bond donors (Lipinski definition) is 7. The van der Waals surface area contributed by atoms with Crippen LogP contribution in [0.3, 0.4) is 0 Å². The van der Waals surface area contributed by atoms with Gasteiger partial charge in [-0.2, -0.15) is 11.8 Å². The topological polar surface area (TPSA) is 214 Å². The molecule has 9 N–H and O–H groups in total. The van der Waals surface area contributed by atoms with Gasteiger partial charge in [0.2, 0.25) is 23.6 Å². The fourth-order valence-corrected chi connectivity index (χ4v) is 3.71. The Labute approximate surface area is 220 Å². The van der Waals surface area contributed by atoms with E-state index in [4.69, 9.17) is 11.5 Å². The highest BCUT2D eigenvalue weighted by Gasteiger charge is 2.30. The molecule has 4 atom stereocenters. The molecule has 37 heavy (non-hydrogen) atoms. The van der Waals surface area contributed by atoms with E-state index in [1.807, 2.05) is 6.26 Å². The van der Waals surface area contributed by atoms with E-state index >= 15 is 0 Å². The number of phenolic OH excluding ortho intramolecular Hbond substituents is 1. The maximum atomic E-state index is 13.1. The second-order valence-corrected chi connectivity index (χ2v) is 9.93. The maximum Gasteiger partial charge on any atom is 0.326 e. The Balaban J connectivity index is 3.02. The molecule has 0 saturated heterocycles. The van der Waals surface area contributed by atoms with E-state index in [9.17, 15) is 34.2 Å². The summed E-state index contributed by atoms with van der Waals surface area (Å²) in [6, 6.07) is 1.43. The molecule has 1 aromatic carbocycles. The second kappa shape index (κ2) is 15.7. The summed E-state index contributed by atoms with van der Waals surface area (Å²) < 4.78 is 0. The van der Waals surface area contributed by atoms with E-state index in [1.165, 1.54) is 36.0 Å². The highest BCUT2D eigenvalue weighted by molar-refractivity contribution is 7.98. The zero-order valence-corrected chi connectivity index (χ0v) is 22.0. The summed E-state index contributed by atoms with van der Waals surface area (Å²) in [4.78, 5) is 61.6. The first-order valence-corrected chi connectivity index (χ1v) is 13.2. The molecule has 1 rings (SSSR count). The van der Waals surface area contributed by atoms with Crippen LogP contribution in [0.5, 0.6) is 5.75 Å². The van der Waals surface area contributed by atoms with Crippen LogP contribution in [0.25, 0.3) is 0 Å². The van der Waals surface area contributed by atoms with Crippen LogP contribution in [0.1, 0.15) is 38.7 Å². The Hall–Kier alpha value is -3.32. The van der Waals surface area contributed by atoms with E-state index in [-0.39, 0.29) is 37.4 Å². The van der Waals surface area contributed by atoms with Gasteiger partial charge in [0.1, 0.15) is 23.9 Å². The fraction of sp³-hybridized carbons (Fsp3) is 0.542. The van der Waals surface area contributed by atoms with E-state index in [2.05, 4.69) is 16.0 Å². The lowest BCUT2D eigenvalue weighted by Gasteiger charge is -2.25. The molecule has 0 radical (unpaired) electrons. The van der Waals surface area contributed by atoms with Gasteiger partial charge in [-0.3, -0.25) is 19.2 Å². The molecule has 0 aliphatic carbocycles. The van der Waals surface area contributed by atoms with Gasteiger partial charge in [0.15, 0.2) is 0 Å². The molecule has 0 aromatic heterocycles. The van der Waals surface area contributed by atoms with E-state index in [1.54, 1.807) is 13.8 Å². The zero-order chi connectivity index (χ0) is 28.1. The number of aliphatic carboxylic acids is 1. The number of primary amides is 1. The standard InChI is InChI=1S/C24H37N5O7S/c1-13(2)20(26)23(34)28-16(8-9-19(25)31)21(32)27-17(10-11-37-3)22(33)29-18(24(35)36)12-14-4-6-15(30)7-5-14/h4-7,13,16-18,20,30H,8-12,26H2,1-3H3,(H2,25,31)(H,27,32)(H,28,34)(H,29,33)(H,35,36). The van der Waals surface area contributed by atoms with E-state index in [0.29, 0.717) is 11.3 Å². The third kappa shape index (κ3) is 11.5. The van der Waals surface area contributed by atoms with Crippen LogP contribution in [0.4, 0.5) is 0 Å². The lowest BCUT2D eigenvalue weighted by molar-refractivity contribution is -0.142. The summed E-state index contributed by atoms with van der Waals surface area (Å²) in [5, 5.41) is 26.6. The quantitative estimate of drug-likeness (QED) is 0.144. The van der Waals surface area contributed by atoms with Gasteiger partial charge in [-0.25, -0.2) is 4.79 Å². The molecule has 0 fully saturated rings. The lowest BCUT2D eigenvalue weighted by Crippen LogP contribution is -2.57. The molecule has 0 aliphatic rings. The number of thioether (sulfide) groups is 1. The second-order valence-electron chi connectivity index (χ2n) is 8.95. The summed E-state index contributed by atoms with van der Waals surface area (Å²) >= 11 is 1.43. The number of amides is 4. The summed E-state index contributed by atoms with van der Waals surface area (Å²) in [6.07, 6.45) is 1.66. The van der Waals surface area contributed by atoms with Gasteiger partial charge in [-0.1, -0.05) is 26.0 Å². The normalized spacial score (nSPS) is 14.2. The number of phenols is 1.